The van der Waals surface area contributed by atoms with Crippen molar-refractivity contribution >= 4 is 11.8 Å². The molecule has 0 radical (unpaired) electrons. The van der Waals surface area contributed by atoms with Crippen molar-refractivity contribution in [2.75, 3.05) is 24.7 Å². The first-order valence-electron chi connectivity index (χ1n) is 7.92. The number of anilines is 1. The molecule has 1 heterocycles. The molecule has 1 aliphatic heterocycles. The molecule has 1 aromatic rings. The number of rotatable bonds is 8. The van der Waals surface area contributed by atoms with E-state index >= 15 is 0 Å². The zero-order chi connectivity index (χ0) is 15.9. The SMILES string of the molecule is CCCCOc1ccc(N2CC(COC(C)C)OC2=O)cc1. The molecule has 0 spiro atoms. The van der Waals surface area contributed by atoms with Crippen molar-refractivity contribution in [1.82, 2.24) is 0 Å². The fourth-order valence-corrected chi connectivity index (χ4v) is 2.18. The summed E-state index contributed by atoms with van der Waals surface area (Å²) in [5, 5.41) is 0. The molecule has 5 nitrogen and oxygen atoms in total. The number of amides is 1. The largest absolute Gasteiger partial charge is 0.494 e. The third kappa shape index (κ3) is 4.63. The minimum Gasteiger partial charge on any atom is -0.494 e. The van der Waals surface area contributed by atoms with Gasteiger partial charge in [-0.05, 0) is 44.5 Å². The summed E-state index contributed by atoms with van der Waals surface area (Å²) in [5.41, 5.74) is 0.819. The number of unbranched alkanes of at least 4 members (excludes halogenated alkanes) is 1. The maximum absolute atomic E-state index is 11.9. The van der Waals surface area contributed by atoms with Gasteiger partial charge in [-0.2, -0.15) is 0 Å². The van der Waals surface area contributed by atoms with Gasteiger partial charge in [-0.25, -0.2) is 4.79 Å². The molecule has 1 aliphatic rings. The van der Waals surface area contributed by atoms with Crippen molar-refractivity contribution in [2.24, 2.45) is 0 Å². The monoisotopic (exact) mass is 307 g/mol. The van der Waals surface area contributed by atoms with E-state index in [1.165, 1.54) is 0 Å². The van der Waals surface area contributed by atoms with E-state index in [0.29, 0.717) is 13.2 Å². The highest BCUT2D eigenvalue weighted by molar-refractivity contribution is 5.89. The standard InChI is InChI=1S/C17H25NO4/c1-4-5-10-20-15-8-6-14(7-9-15)18-11-16(22-17(18)19)12-21-13(2)3/h6-9,13,16H,4-5,10-12H2,1-3H3. The van der Waals surface area contributed by atoms with Gasteiger partial charge in [-0.3, -0.25) is 4.90 Å². The molecule has 0 N–H and O–H groups in total. The van der Waals surface area contributed by atoms with Crippen LogP contribution in [0.1, 0.15) is 33.6 Å². The molecule has 1 atom stereocenters. The summed E-state index contributed by atoms with van der Waals surface area (Å²) in [6, 6.07) is 7.54. The predicted octanol–water partition coefficient (Wildman–Crippen LogP) is 3.62. The summed E-state index contributed by atoms with van der Waals surface area (Å²) < 4.78 is 16.4. The van der Waals surface area contributed by atoms with Gasteiger partial charge in [0.2, 0.25) is 0 Å². The highest BCUT2D eigenvalue weighted by Crippen LogP contribution is 2.24. The Morgan fingerprint density at radius 3 is 2.68 bits per heavy atom. The van der Waals surface area contributed by atoms with Crippen LogP contribution in [0.25, 0.3) is 0 Å². The van der Waals surface area contributed by atoms with Gasteiger partial charge in [0, 0.05) is 5.69 Å². The van der Waals surface area contributed by atoms with E-state index in [2.05, 4.69) is 6.92 Å². The quantitative estimate of drug-likeness (QED) is 0.688. The molecule has 0 saturated carbocycles. The summed E-state index contributed by atoms with van der Waals surface area (Å²) in [5.74, 6) is 0.824. The molecule has 0 aliphatic carbocycles. The molecule has 122 valence electrons. The Morgan fingerprint density at radius 1 is 1.32 bits per heavy atom. The maximum Gasteiger partial charge on any atom is 0.414 e. The lowest BCUT2D eigenvalue weighted by Crippen LogP contribution is -2.26. The van der Waals surface area contributed by atoms with Crippen LogP contribution in [0.5, 0.6) is 5.75 Å². The summed E-state index contributed by atoms with van der Waals surface area (Å²) in [6.45, 7) is 7.72. The van der Waals surface area contributed by atoms with Gasteiger partial charge >= 0.3 is 6.09 Å². The van der Waals surface area contributed by atoms with Crippen LogP contribution in [-0.2, 0) is 9.47 Å². The van der Waals surface area contributed by atoms with Crippen molar-refractivity contribution in [3.8, 4) is 5.75 Å². The van der Waals surface area contributed by atoms with Crippen LogP contribution >= 0.6 is 0 Å². The minimum atomic E-state index is -0.322. The second-order valence-electron chi connectivity index (χ2n) is 5.69. The van der Waals surface area contributed by atoms with Gasteiger partial charge in [0.05, 0.1) is 25.9 Å². The van der Waals surface area contributed by atoms with E-state index in [1.807, 2.05) is 38.1 Å². The third-order valence-corrected chi connectivity index (χ3v) is 3.40. The van der Waals surface area contributed by atoms with Gasteiger partial charge in [0.25, 0.3) is 0 Å². The van der Waals surface area contributed by atoms with E-state index in [1.54, 1.807) is 4.90 Å². The molecular formula is C17H25NO4. The average Bonchev–Trinajstić information content (AvgIpc) is 2.87. The van der Waals surface area contributed by atoms with E-state index < -0.39 is 0 Å². The molecule has 22 heavy (non-hydrogen) atoms. The maximum atomic E-state index is 11.9. The summed E-state index contributed by atoms with van der Waals surface area (Å²) in [7, 11) is 0. The number of nitrogens with zero attached hydrogens (tertiary/aromatic N) is 1. The average molecular weight is 307 g/mol. The fourth-order valence-electron chi connectivity index (χ4n) is 2.18. The van der Waals surface area contributed by atoms with Crippen molar-refractivity contribution < 1.29 is 19.0 Å². The van der Waals surface area contributed by atoms with Crippen LogP contribution in [0.2, 0.25) is 0 Å². The molecule has 1 saturated heterocycles. The minimum absolute atomic E-state index is 0.132. The number of benzene rings is 1. The van der Waals surface area contributed by atoms with E-state index in [-0.39, 0.29) is 18.3 Å². The number of carbonyl (C=O) groups is 1. The molecule has 1 aromatic carbocycles. The first-order chi connectivity index (χ1) is 10.6. The molecule has 1 fully saturated rings. The van der Waals surface area contributed by atoms with E-state index in [9.17, 15) is 4.79 Å². The third-order valence-electron chi connectivity index (χ3n) is 3.40. The Hall–Kier alpha value is -1.75. The van der Waals surface area contributed by atoms with Gasteiger partial charge in [-0.1, -0.05) is 13.3 Å². The number of ether oxygens (including phenoxy) is 3. The molecular weight excluding hydrogens is 282 g/mol. The molecule has 1 amide bonds. The molecule has 2 rings (SSSR count). The first kappa shape index (κ1) is 16.6. The predicted molar refractivity (Wildman–Crippen MR) is 85.5 cm³/mol. The second-order valence-corrected chi connectivity index (χ2v) is 5.69. The Bertz CT molecular complexity index is 472. The topological polar surface area (TPSA) is 48.0 Å². The Labute approximate surface area is 132 Å². The second kappa shape index (κ2) is 8.03. The zero-order valence-electron chi connectivity index (χ0n) is 13.6. The van der Waals surface area contributed by atoms with Crippen LogP contribution in [0.15, 0.2) is 24.3 Å². The fraction of sp³-hybridized carbons (Fsp3) is 0.588. The summed E-state index contributed by atoms with van der Waals surface area (Å²) in [6.07, 6.45) is 1.75. The molecule has 0 bridgehead atoms. The normalized spacial score (nSPS) is 17.9. The van der Waals surface area contributed by atoms with Crippen molar-refractivity contribution in [3.05, 3.63) is 24.3 Å². The van der Waals surface area contributed by atoms with Crippen LogP contribution in [0.3, 0.4) is 0 Å². The Balaban J connectivity index is 1.89. The van der Waals surface area contributed by atoms with Crippen LogP contribution < -0.4 is 9.64 Å². The van der Waals surface area contributed by atoms with Crippen LogP contribution in [0.4, 0.5) is 10.5 Å². The number of cyclic esters (lactones) is 1. The van der Waals surface area contributed by atoms with Crippen molar-refractivity contribution in [2.45, 2.75) is 45.8 Å². The smallest absolute Gasteiger partial charge is 0.414 e. The van der Waals surface area contributed by atoms with Crippen LogP contribution in [0, 0.1) is 0 Å². The van der Waals surface area contributed by atoms with E-state index in [0.717, 1.165) is 30.9 Å². The summed E-state index contributed by atoms with van der Waals surface area (Å²) in [4.78, 5) is 13.6. The lowest BCUT2D eigenvalue weighted by molar-refractivity contribution is 0.0153. The highest BCUT2D eigenvalue weighted by Gasteiger charge is 2.32. The van der Waals surface area contributed by atoms with Crippen LogP contribution in [-0.4, -0.2) is 38.1 Å². The van der Waals surface area contributed by atoms with E-state index in [4.69, 9.17) is 14.2 Å². The lowest BCUT2D eigenvalue weighted by atomic mass is 10.2. The zero-order valence-corrected chi connectivity index (χ0v) is 13.6. The molecule has 1 unspecified atom stereocenters. The number of hydrogen-bond donors (Lipinski definition) is 0. The molecule has 5 heteroatoms. The van der Waals surface area contributed by atoms with Gasteiger partial charge < -0.3 is 14.2 Å². The molecule has 0 aromatic heterocycles. The highest BCUT2D eigenvalue weighted by atomic mass is 16.6. The lowest BCUT2D eigenvalue weighted by Gasteiger charge is -2.14. The number of hydrogen-bond acceptors (Lipinski definition) is 4. The van der Waals surface area contributed by atoms with Crippen molar-refractivity contribution in [3.63, 3.8) is 0 Å². The summed E-state index contributed by atoms with van der Waals surface area (Å²) >= 11 is 0. The van der Waals surface area contributed by atoms with Crippen molar-refractivity contribution in [1.29, 1.82) is 0 Å². The Kier molecular flexibility index (Phi) is 6.07. The Morgan fingerprint density at radius 2 is 2.05 bits per heavy atom. The van der Waals surface area contributed by atoms with Gasteiger partial charge in [-0.15, -0.1) is 0 Å². The van der Waals surface area contributed by atoms with Gasteiger partial charge in [0.15, 0.2) is 0 Å². The number of carbonyl (C=O) groups excluding carboxylic acids is 1. The van der Waals surface area contributed by atoms with Gasteiger partial charge in [0.1, 0.15) is 11.9 Å². The first-order valence-corrected chi connectivity index (χ1v) is 7.92.